The van der Waals surface area contributed by atoms with E-state index in [1.165, 1.54) is 27.9 Å². The molecule has 0 unspecified atom stereocenters. The Labute approximate surface area is 463 Å². The summed E-state index contributed by atoms with van der Waals surface area (Å²) in [6, 6.07) is 39.6. The Bertz CT molecular complexity index is 2670. The van der Waals surface area contributed by atoms with Gasteiger partial charge in [0.15, 0.2) is 17.9 Å². The first kappa shape index (κ1) is 60.1. The lowest BCUT2D eigenvalue weighted by atomic mass is 9.80. The molecule has 0 radical (unpaired) electrons. The first-order valence-electron chi connectivity index (χ1n) is 28.5. The number of hydrogen-bond acceptors (Lipinski definition) is 6. The number of nitrogens with zero attached hydrogens (tertiary/aromatic N) is 4. The third-order valence-electron chi connectivity index (χ3n) is 14.4. The van der Waals surface area contributed by atoms with E-state index < -0.39 is 0 Å². The fourth-order valence-corrected chi connectivity index (χ4v) is 9.18. The van der Waals surface area contributed by atoms with Crippen LogP contribution in [-0.4, -0.2) is 55.3 Å². The molecule has 0 bridgehead atoms. The SMILES string of the molecule is CN(C(=O)[C@@H](Cc1ccccc1)[NH2+]Cc1ccc(OCCCCc2c[n+](CCCOc3cc(C(C)(C)C)cc(C(C)(C)C)c3)nn2C)cc1)c1ccc(OCCCCCCOc2cc(C(C)(C)C)cc(C(C)(C)C)c2)cc1. The van der Waals surface area contributed by atoms with Crippen molar-refractivity contribution in [3.63, 3.8) is 0 Å². The molecule has 2 N–H and O–H groups in total. The normalized spacial score (nSPS) is 12.6. The number of ether oxygens (including phenoxy) is 4. The fourth-order valence-electron chi connectivity index (χ4n) is 9.18. The average Bonchev–Trinajstić information content (AvgIpc) is 3.74. The maximum atomic E-state index is 14.2. The molecule has 1 amide bonds. The summed E-state index contributed by atoms with van der Waals surface area (Å²) in [4.78, 5) is 16.0. The minimum Gasteiger partial charge on any atom is -0.494 e. The number of rotatable bonds is 27. The Morgan fingerprint density at radius 3 is 1.47 bits per heavy atom. The second kappa shape index (κ2) is 27.5. The van der Waals surface area contributed by atoms with Crippen molar-refractivity contribution in [3.05, 3.63) is 161 Å². The smallest absolute Gasteiger partial charge is 0.285 e. The van der Waals surface area contributed by atoms with Gasteiger partial charge in [-0.3, -0.25) is 4.79 Å². The molecular formula is C67H95N5O5+2. The number of aromatic nitrogens is 3. The van der Waals surface area contributed by atoms with Gasteiger partial charge >= 0.3 is 0 Å². The van der Waals surface area contributed by atoms with Gasteiger partial charge in [-0.05, 0) is 161 Å². The number of quaternary nitrogens is 1. The Morgan fingerprint density at radius 1 is 0.545 bits per heavy atom. The molecule has 5 aromatic carbocycles. The van der Waals surface area contributed by atoms with Gasteiger partial charge in [-0.2, -0.15) is 0 Å². The molecule has 1 aromatic heterocycles. The number of unbranched alkanes of at least 4 members (excludes halogenated alkanes) is 4. The lowest BCUT2D eigenvalue weighted by Crippen LogP contribution is -2.92. The largest absolute Gasteiger partial charge is 0.494 e. The van der Waals surface area contributed by atoms with Crippen molar-refractivity contribution < 1.29 is 33.7 Å². The number of carbonyl (C=O) groups is 1. The molecule has 10 nitrogen and oxygen atoms in total. The molecule has 0 aliphatic heterocycles. The van der Waals surface area contributed by atoms with Gasteiger partial charge in [-0.15, -0.1) is 9.36 Å². The molecule has 416 valence electrons. The molecule has 0 aliphatic carbocycles. The van der Waals surface area contributed by atoms with Crippen LogP contribution in [0.4, 0.5) is 5.69 Å². The standard InChI is InChI=1S/C67H94N5O5/c1-64(2,3)52-42-53(65(4,5)6)45-60(44-52)76-38-22-16-15-21-37-74-59-34-30-56(31-35-59)70(13)63(73)62(41-50-25-18-17-19-26-50)68-48-51-28-32-58(33-29-51)75-39-23-20-27-57-49-72(69-71(57)14)36-24-40-77-61-46-54(66(7,8)9)43-55(47-61)67(10,11)12/h17-19,25-26,28-35,42-47,49,62,68H,15-16,20-24,27,36-41,48H2,1-14H3/q+1/p+1/t62-/m1/s1. The van der Waals surface area contributed by atoms with Crippen LogP contribution in [0.2, 0.25) is 0 Å². The highest BCUT2D eigenvalue weighted by Crippen LogP contribution is 2.35. The van der Waals surface area contributed by atoms with E-state index in [1.54, 1.807) is 4.90 Å². The molecule has 0 aliphatic rings. The molecule has 10 heteroatoms. The van der Waals surface area contributed by atoms with E-state index in [-0.39, 0.29) is 33.6 Å². The molecule has 0 saturated carbocycles. The number of benzene rings is 5. The van der Waals surface area contributed by atoms with Gasteiger partial charge in [0, 0.05) is 37.6 Å². The fraction of sp³-hybridized carbons (Fsp3) is 0.507. The zero-order valence-electron chi connectivity index (χ0n) is 49.6. The molecule has 0 fully saturated rings. The van der Waals surface area contributed by atoms with E-state index in [4.69, 9.17) is 24.2 Å². The van der Waals surface area contributed by atoms with E-state index in [2.05, 4.69) is 155 Å². The second-order valence-electron chi connectivity index (χ2n) is 25.3. The molecular weight excluding hydrogens is 955 g/mol. The van der Waals surface area contributed by atoms with Crippen molar-refractivity contribution in [2.75, 3.05) is 38.4 Å². The number of amides is 1. The predicted molar refractivity (Wildman–Crippen MR) is 315 cm³/mol. The third-order valence-corrected chi connectivity index (χ3v) is 14.4. The minimum absolute atomic E-state index is 0.0552. The first-order chi connectivity index (χ1) is 36.4. The first-order valence-corrected chi connectivity index (χ1v) is 28.5. The van der Waals surface area contributed by atoms with Crippen LogP contribution in [-0.2, 0) is 59.4 Å². The molecule has 6 rings (SSSR count). The number of likely N-dealkylation sites (N-methyl/N-ethyl adjacent to an activating group) is 1. The van der Waals surface area contributed by atoms with Gasteiger partial charge in [0.05, 0.1) is 31.6 Å². The Hall–Kier alpha value is -6.13. The lowest BCUT2D eigenvalue weighted by molar-refractivity contribution is -0.755. The quantitative estimate of drug-likeness (QED) is 0.0408. The van der Waals surface area contributed by atoms with Crippen LogP contribution in [0.3, 0.4) is 0 Å². The van der Waals surface area contributed by atoms with Gasteiger partial charge in [-0.25, -0.2) is 0 Å². The Morgan fingerprint density at radius 2 is 0.987 bits per heavy atom. The van der Waals surface area contributed by atoms with Crippen molar-refractivity contribution in [2.45, 2.75) is 182 Å². The monoisotopic (exact) mass is 1050 g/mol. The molecule has 77 heavy (non-hydrogen) atoms. The maximum Gasteiger partial charge on any atom is 0.285 e. The predicted octanol–water partition coefficient (Wildman–Crippen LogP) is 13.1. The van der Waals surface area contributed by atoms with Crippen molar-refractivity contribution in [1.82, 2.24) is 9.90 Å². The van der Waals surface area contributed by atoms with E-state index in [0.717, 1.165) is 97.7 Å². The van der Waals surface area contributed by atoms with Crippen LogP contribution < -0.4 is 33.8 Å². The summed E-state index contributed by atoms with van der Waals surface area (Å²) in [6.07, 6.45) is 10.7. The zero-order chi connectivity index (χ0) is 55.8. The van der Waals surface area contributed by atoms with Crippen LogP contribution in [0, 0.1) is 0 Å². The number of nitrogens with two attached hydrogens (primary N) is 1. The van der Waals surface area contributed by atoms with Gasteiger partial charge in [0.1, 0.15) is 43.1 Å². The van der Waals surface area contributed by atoms with Crippen molar-refractivity contribution in [3.8, 4) is 23.0 Å². The summed E-state index contributed by atoms with van der Waals surface area (Å²) in [6.45, 7) is 31.2. The van der Waals surface area contributed by atoms with Crippen LogP contribution in [0.25, 0.3) is 0 Å². The van der Waals surface area contributed by atoms with Crippen molar-refractivity contribution in [1.29, 1.82) is 0 Å². The summed E-state index contributed by atoms with van der Waals surface area (Å²) in [7, 11) is 3.89. The molecule has 6 aromatic rings. The highest BCUT2D eigenvalue weighted by Gasteiger charge is 2.28. The maximum absolute atomic E-state index is 14.2. The second-order valence-corrected chi connectivity index (χ2v) is 25.3. The molecule has 1 heterocycles. The summed E-state index contributed by atoms with van der Waals surface area (Å²) in [5.74, 6) is 3.63. The van der Waals surface area contributed by atoms with Gasteiger partial charge in [0.25, 0.3) is 5.91 Å². The Balaban J connectivity index is 0.889. The highest BCUT2D eigenvalue weighted by molar-refractivity contribution is 5.96. The lowest BCUT2D eigenvalue weighted by Gasteiger charge is -2.26. The van der Waals surface area contributed by atoms with Crippen LogP contribution in [0.1, 0.15) is 167 Å². The highest BCUT2D eigenvalue weighted by atomic mass is 16.5. The zero-order valence-corrected chi connectivity index (χ0v) is 49.6. The van der Waals surface area contributed by atoms with Gasteiger partial charge < -0.3 is 29.2 Å². The van der Waals surface area contributed by atoms with Crippen LogP contribution >= 0.6 is 0 Å². The van der Waals surface area contributed by atoms with Crippen molar-refractivity contribution in [2.24, 2.45) is 7.05 Å². The van der Waals surface area contributed by atoms with E-state index in [9.17, 15) is 4.79 Å². The number of hydrogen-bond donors (Lipinski definition) is 1. The summed E-state index contributed by atoms with van der Waals surface area (Å²) in [5, 5.41) is 6.89. The number of carbonyl (C=O) groups excluding carboxylic acids is 1. The minimum atomic E-state index is -0.304. The number of anilines is 1. The molecule has 0 saturated heterocycles. The van der Waals surface area contributed by atoms with Gasteiger partial charge in [0.2, 0.25) is 0 Å². The Kier molecular flexibility index (Phi) is 21.4. The van der Waals surface area contributed by atoms with E-state index in [0.29, 0.717) is 39.4 Å². The topological polar surface area (TPSA) is 95.5 Å². The summed E-state index contributed by atoms with van der Waals surface area (Å²) >= 11 is 0. The average molecular weight is 1050 g/mol. The summed E-state index contributed by atoms with van der Waals surface area (Å²) < 4.78 is 28.9. The third kappa shape index (κ3) is 19.4. The summed E-state index contributed by atoms with van der Waals surface area (Å²) in [5.41, 5.74) is 9.79. The van der Waals surface area contributed by atoms with E-state index >= 15 is 0 Å². The van der Waals surface area contributed by atoms with E-state index in [1.807, 2.05) is 78.1 Å². The van der Waals surface area contributed by atoms with Crippen LogP contribution in [0.5, 0.6) is 23.0 Å². The molecule has 0 spiro atoms. The number of aryl methyl sites for hydroxylation is 3. The van der Waals surface area contributed by atoms with Crippen LogP contribution in [0.15, 0.2) is 121 Å². The van der Waals surface area contributed by atoms with Crippen molar-refractivity contribution >= 4 is 11.6 Å². The van der Waals surface area contributed by atoms with Gasteiger partial charge in [-0.1, -0.05) is 126 Å². The molecule has 1 atom stereocenters.